The maximum atomic E-state index is 5.88. The number of nitrogen functional groups attached to an aromatic ring is 1. The highest BCUT2D eigenvalue weighted by Gasteiger charge is 2.17. The SMILES string of the molecule is Nc1c(Cl)cnn1Cc1cc(Br)c2c(c1)OCCO2. The third-order valence-corrected chi connectivity index (χ3v) is 3.70. The van der Waals surface area contributed by atoms with Crippen molar-refractivity contribution >= 4 is 33.3 Å². The molecule has 0 amide bonds. The number of hydrogen-bond donors (Lipinski definition) is 1. The van der Waals surface area contributed by atoms with Crippen molar-refractivity contribution < 1.29 is 9.47 Å². The minimum atomic E-state index is 0.452. The summed E-state index contributed by atoms with van der Waals surface area (Å²) < 4.78 is 13.6. The topological polar surface area (TPSA) is 62.3 Å². The summed E-state index contributed by atoms with van der Waals surface area (Å²) in [7, 11) is 0. The lowest BCUT2D eigenvalue weighted by molar-refractivity contribution is 0.170. The molecule has 1 aliphatic heterocycles. The molecule has 7 heteroatoms. The molecule has 0 radical (unpaired) electrons. The average molecular weight is 345 g/mol. The van der Waals surface area contributed by atoms with Gasteiger partial charge in [-0.15, -0.1) is 0 Å². The molecule has 2 N–H and O–H groups in total. The third kappa shape index (κ3) is 2.37. The molecule has 0 fully saturated rings. The van der Waals surface area contributed by atoms with Gasteiger partial charge in [-0.3, -0.25) is 0 Å². The summed E-state index contributed by atoms with van der Waals surface area (Å²) >= 11 is 9.36. The van der Waals surface area contributed by atoms with Gasteiger partial charge in [-0.1, -0.05) is 11.6 Å². The molecule has 0 unspecified atom stereocenters. The van der Waals surface area contributed by atoms with Crippen molar-refractivity contribution in [1.82, 2.24) is 9.78 Å². The Bertz CT molecular complexity index is 630. The van der Waals surface area contributed by atoms with Crippen molar-refractivity contribution in [1.29, 1.82) is 0 Å². The standard InChI is InChI=1S/C12H11BrClN3O2/c13-8-3-7(4-10-11(8)19-2-1-18-10)6-17-12(15)9(14)5-16-17/h3-5H,1-2,6,15H2. The van der Waals surface area contributed by atoms with E-state index in [4.69, 9.17) is 26.8 Å². The number of nitrogens with two attached hydrogens (primary N) is 1. The van der Waals surface area contributed by atoms with Gasteiger partial charge in [0.2, 0.25) is 0 Å². The van der Waals surface area contributed by atoms with E-state index in [1.54, 1.807) is 4.68 Å². The number of halogens is 2. The number of rotatable bonds is 2. The van der Waals surface area contributed by atoms with Gasteiger partial charge in [0.1, 0.15) is 24.1 Å². The zero-order valence-corrected chi connectivity index (χ0v) is 12.2. The van der Waals surface area contributed by atoms with Crippen LogP contribution in [0, 0.1) is 0 Å². The minimum Gasteiger partial charge on any atom is -0.486 e. The van der Waals surface area contributed by atoms with Crippen LogP contribution in [0.4, 0.5) is 5.82 Å². The highest BCUT2D eigenvalue weighted by Crippen LogP contribution is 2.38. The number of anilines is 1. The van der Waals surface area contributed by atoms with Crippen LogP contribution in [0.25, 0.3) is 0 Å². The molecule has 1 aliphatic rings. The van der Waals surface area contributed by atoms with Crippen molar-refractivity contribution in [2.75, 3.05) is 18.9 Å². The van der Waals surface area contributed by atoms with E-state index in [0.717, 1.165) is 21.5 Å². The van der Waals surface area contributed by atoms with Crippen LogP contribution in [0.5, 0.6) is 11.5 Å². The Balaban J connectivity index is 1.93. The van der Waals surface area contributed by atoms with Crippen LogP contribution in [0.15, 0.2) is 22.8 Å². The molecular formula is C12H11BrClN3O2. The Kier molecular flexibility index (Phi) is 3.28. The second kappa shape index (κ2) is 4.94. The average Bonchev–Trinajstić information content (AvgIpc) is 2.71. The molecule has 0 saturated carbocycles. The van der Waals surface area contributed by atoms with Crippen LogP contribution in [-0.2, 0) is 6.54 Å². The van der Waals surface area contributed by atoms with Crippen LogP contribution in [0.1, 0.15) is 5.56 Å². The summed E-state index contributed by atoms with van der Waals surface area (Å²) in [5.74, 6) is 1.92. The summed E-state index contributed by atoms with van der Waals surface area (Å²) in [4.78, 5) is 0. The first-order valence-electron chi connectivity index (χ1n) is 5.70. The second-order valence-corrected chi connectivity index (χ2v) is 5.40. The lowest BCUT2D eigenvalue weighted by atomic mass is 10.2. The van der Waals surface area contributed by atoms with Crippen LogP contribution in [0.3, 0.4) is 0 Å². The van der Waals surface area contributed by atoms with E-state index in [1.807, 2.05) is 12.1 Å². The van der Waals surface area contributed by atoms with E-state index in [9.17, 15) is 0 Å². The number of hydrogen-bond acceptors (Lipinski definition) is 4. The molecule has 0 spiro atoms. The number of aromatic nitrogens is 2. The molecule has 3 rings (SSSR count). The molecule has 1 aromatic carbocycles. The van der Waals surface area contributed by atoms with Crippen LogP contribution in [-0.4, -0.2) is 23.0 Å². The smallest absolute Gasteiger partial charge is 0.175 e. The largest absolute Gasteiger partial charge is 0.486 e. The van der Waals surface area contributed by atoms with E-state index in [1.165, 1.54) is 6.20 Å². The molecule has 0 aliphatic carbocycles. The lowest BCUT2D eigenvalue weighted by Crippen LogP contribution is -2.16. The first kappa shape index (κ1) is 12.6. The highest BCUT2D eigenvalue weighted by molar-refractivity contribution is 9.10. The molecule has 5 nitrogen and oxygen atoms in total. The molecule has 2 heterocycles. The summed E-state index contributed by atoms with van der Waals surface area (Å²) in [6.45, 7) is 1.64. The van der Waals surface area contributed by atoms with Crippen molar-refractivity contribution in [3.8, 4) is 11.5 Å². The predicted molar refractivity (Wildman–Crippen MR) is 75.9 cm³/mol. The second-order valence-electron chi connectivity index (χ2n) is 4.14. The number of ether oxygens (including phenoxy) is 2. The maximum absolute atomic E-state index is 5.88. The molecule has 100 valence electrons. The fourth-order valence-electron chi connectivity index (χ4n) is 1.93. The van der Waals surface area contributed by atoms with Crippen LogP contribution < -0.4 is 15.2 Å². The monoisotopic (exact) mass is 343 g/mol. The zero-order valence-electron chi connectivity index (χ0n) is 9.90. The summed E-state index contributed by atoms with van der Waals surface area (Å²) in [6, 6.07) is 3.89. The van der Waals surface area contributed by atoms with Crippen molar-refractivity contribution in [3.05, 3.63) is 33.4 Å². The lowest BCUT2D eigenvalue weighted by Gasteiger charge is -2.20. The molecule has 0 saturated heterocycles. The Morgan fingerprint density at radius 1 is 1.37 bits per heavy atom. The maximum Gasteiger partial charge on any atom is 0.175 e. The zero-order chi connectivity index (χ0) is 13.4. The van der Waals surface area contributed by atoms with E-state index in [-0.39, 0.29) is 0 Å². The molecule has 0 bridgehead atoms. The molecule has 2 aromatic rings. The van der Waals surface area contributed by atoms with Gasteiger partial charge in [0.25, 0.3) is 0 Å². The van der Waals surface area contributed by atoms with Crippen molar-refractivity contribution in [2.24, 2.45) is 0 Å². The summed E-state index contributed by atoms with van der Waals surface area (Å²) in [5.41, 5.74) is 6.83. The van der Waals surface area contributed by atoms with Gasteiger partial charge in [-0.2, -0.15) is 5.10 Å². The van der Waals surface area contributed by atoms with Gasteiger partial charge in [0.15, 0.2) is 11.5 Å². The van der Waals surface area contributed by atoms with Gasteiger partial charge in [0.05, 0.1) is 17.2 Å². The van der Waals surface area contributed by atoms with Crippen LogP contribution >= 0.6 is 27.5 Å². The Hall–Kier alpha value is -1.40. The molecular weight excluding hydrogens is 334 g/mol. The van der Waals surface area contributed by atoms with Gasteiger partial charge in [-0.05, 0) is 33.6 Å². The van der Waals surface area contributed by atoms with Gasteiger partial charge >= 0.3 is 0 Å². The third-order valence-electron chi connectivity index (χ3n) is 2.82. The first-order valence-corrected chi connectivity index (χ1v) is 6.87. The van der Waals surface area contributed by atoms with E-state index >= 15 is 0 Å². The van der Waals surface area contributed by atoms with Crippen LogP contribution in [0.2, 0.25) is 5.02 Å². The Labute approximate surface area is 123 Å². The Morgan fingerprint density at radius 2 is 2.16 bits per heavy atom. The fraction of sp³-hybridized carbons (Fsp3) is 0.250. The highest BCUT2D eigenvalue weighted by atomic mass is 79.9. The van der Waals surface area contributed by atoms with E-state index < -0.39 is 0 Å². The number of fused-ring (bicyclic) bond motifs is 1. The van der Waals surface area contributed by atoms with Gasteiger partial charge in [-0.25, -0.2) is 4.68 Å². The summed E-state index contributed by atoms with van der Waals surface area (Å²) in [6.07, 6.45) is 1.53. The first-order chi connectivity index (χ1) is 9.15. The minimum absolute atomic E-state index is 0.452. The van der Waals surface area contributed by atoms with Gasteiger partial charge in [0, 0.05) is 0 Å². The predicted octanol–water partition coefficient (Wildman–Crippen LogP) is 2.70. The quantitative estimate of drug-likeness (QED) is 0.910. The van der Waals surface area contributed by atoms with Crippen molar-refractivity contribution in [3.63, 3.8) is 0 Å². The van der Waals surface area contributed by atoms with Crippen molar-refractivity contribution in [2.45, 2.75) is 6.54 Å². The number of benzene rings is 1. The van der Waals surface area contributed by atoms with E-state index in [2.05, 4.69) is 21.0 Å². The normalized spacial score (nSPS) is 13.6. The summed E-state index contributed by atoms with van der Waals surface area (Å²) in [5, 5.41) is 4.58. The van der Waals surface area contributed by atoms with Gasteiger partial charge < -0.3 is 15.2 Å². The fourth-order valence-corrected chi connectivity index (χ4v) is 2.67. The molecule has 19 heavy (non-hydrogen) atoms. The van der Waals surface area contributed by atoms with E-state index in [0.29, 0.717) is 30.6 Å². The Morgan fingerprint density at radius 3 is 2.89 bits per heavy atom. The number of nitrogens with zero attached hydrogens (tertiary/aromatic N) is 2. The molecule has 0 atom stereocenters. The molecule has 1 aromatic heterocycles.